The van der Waals surface area contributed by atoms with Gasteiger partial charge in [0.15, 0.2) is 6.61 Å². The van der Waals surface area contributed by atoms with Crippen molar-refractivity contribution in [2.24, 2.45) is 5.10 Å². The van der Waals surface area contributed by atoms with Crippen LogP contribution in [0.1, 0.15) is 18.1 Å². The highest BCUT2D eigenvalue weighted by molar-refractivity contribution is 9.10. The van der Waals surface area contributed by atoms with Crippen molar-refractivity contribution >= 4 is 28.1 Å². The van der Waals surface area contributed by atoms with Gasteiger partial charge in [0.05, 0.1) is 10.7 Å². The highest BCUT2D eigenvalue weighted by Crippen LogP contribution is 2.26. The van der Waals surface area contributed by atoms with E-state index in [4.69, 9.17) is 4.74 Å². The quantitative estimate of drug-likeness (QED) is 0.615. The van der Waals surface area contributed by atoms with Crippen molar-refractivity contribution in [2.45, 2.75) is 13.3 Å². The third-order valence-corrected chi connectivity index (χ3v) is 3.63. The summed E-state index contributed by atoms with van der Waals surface area (Å²) in [5.74, 6) is -0.167. The van der Waals surface area contributed by atoms with E-state index >= 15 is 0 Å². The number of amides is 1. The third kappa shape index (κ3) is 5.49. The van der Waals surface area contributed by atoms with Crippen LogP contribution in [0.4, 0.5) is 4.39 Å². The molecule has 0 saturated carbocycles. The zero-order valence-corrected chi connectivity index (χ0v) is 14.1. The Kier molecular flexibility index (Phi) is 6.29. The van der Waals surface area contributed by atoms with Gasteiger partial charge >= 0.3 is 0 Å². The van der Waals surface area contributed by atoms with E-state index in [1.54, 1.807) is 12.1 Å². The Labute approximate surface area is 142 Å². The maximum Gasteiger partial charge on any atom is 0.277 e. The van der Waals surface area contributed by atoms with E-state index in [0.717, 1.165) is 10.9 Å². The number of ether oxygens (including phenoxy) is 1. The predicted octanol–water partition coefficient (Wildman–Crippen LogP) is 3.68. The molecule has 120 valence electrons. The molecule has 0 heterocycles. The van der Waals surface area contributed by atoms with Crippen LogP contribution in [-0.2, 0) is 11.2 Å². The number of nitrogens with one attached hydrogen (secondary N) is 1. The molecule has 0 unspecified atom stereocenters. The SMILES string of the molecule is CCc1ccc(OCC(=O)N/N=C/c2cccc(F)c2)c(Br)c1. The van der Waals surface area contributed by atoms with Gasteiger partial charge in [-0.05, 0) is 57.7 Å². The van der Waals surface area contributed by atoms with Crippen LogP contribution in [0.3, 0.4) is 0 Å². The van der Waals surface area contributed by atoms with Gasteiger partial charge in [0.2, 0.25) is 0 Å². The van der Waals surface area contributed by atoms with E-state index in [1.165, 1.54) is 23.9 Å². The van der Waals surface area contributed by atoms with Gasteiger partial charge in [0.25, 0.3) is 5.91 Å². The van der Waals surface area contributed by atoms with Crippen LogP contribution in [0, 0.1) is 5.82 Å². The van der Waals surface area contributed by atoms with Crippen molar-refractivity contribution < 1.29 is 13.9 Å². The number of hydrazone groups is 1. The highest BCUT2D eigenvalue weighted by Gasteiger charge is 2.05. The van der Waals surface area contributed by atoms with Gasteiger partial charge < -0.3 is 4.74 Å². The molecular weight excluding hydrogens is 363 g/mol. The van der Waals surface area contributed by atoms with Crippen LogP contribution in [0.15, 0.2) is 52.0 Å². The summed E-state index contributed by atoms with van der Waals surface area (Å²) in [6.07, 6.45) is 2.29. The van der Waals surface area contributed by atoms with Crippen molar-refractivity contribution in [1.29, 1.82) is 0 Å². The summed E-state index contributed by atoms with van der Waals surface area (Å²) in [7, 11) is 0. The second-order valence-electron chi connectivity index (χ2n) is 4.76. The first-order valence-electron chi connectivity index (χ1n) is 7.07. The number of hydrogen-bond donors (Lipinski definition) is 1. The molecule has 0 aromatic heterocycles. The van der Waals surface area contributed by atoms with Gasteiger partial charge in [-0.25, -0.2) is 9.82 Å². The fourth-order valence-electron chi connectivity index (χ4n) is 1.82. The molecule has 1 amide bonds. The van der Waals surface area contributed by atoms with Crippen molar-refractivity contribution in [3.63, 3.8) is 0 Å². The lowest BCUT2D eigenvalue weighted by Gasteiger charge is -2.08. The van der Waals surface area contributed by atoms with Crippen LogP contribution in [0.5, 0.6) is 5.75 Å². The second kappa shape index (κ2) is 8.43. The summed E-state index contributed by atoms with van der Waals surface area (Å²) in [5.41, 5.74) is 4.06. The molecule has 0 spiro atoms. The largest absolute Gasteiger partial charge is 0.483 e. The molecule has 0 aliphatic rings. The molecule has 6 heteroatoms. The smallest absolute Gasteiger partial charge is 0.277 e. The number of rotatable bonds is 6. The number of carbonyl (C=O) groups excluding carboxylic acids is 1. The van der Waals surface area contributed by atoms with Gasteiger partial charge in [-0.15, -0.1) is 0 Å². The first-order chi connectivity index (χ1) is 11.1. The van der Waals surface area contributed by atoms with Gasteiger partial charge in [-0.2, -0.15) is 5.10 Å². The second-order valence-corrected chi connectivity index (χ2v) is 5.61. The molecule has 1 N–H and O–H groups in total. The van der Waals surface area contributed by atoms with Gasteiger partial charge in [-0.1, -0.05) is 25.1 Å². The minimum atomic E-state index is -0.399. The zero-order valence-electron chi connectivity index (χ0n) is 12.6. The van der Waals surface area contributed by atoms with E-state index in [0.29, 0.717) is 11.3 Å². The fraction of sp³-hybridized carbons (Fsp3) is 0.176. The number of carbonyl (C=O) groups is 1. The summed E-state index contributed by atoms with van der Waals surface area (Å²) in [6, 6.07) is 11.6. The standard InChI is InChI=1S/C17H16BrFN2O2/c1-2-12-6-7-16(15(18)9-12)23-11-17(22)21-20-10-13-4-3-5-14(19)8-13/h3-10H,2,11H2,1H3,(H,21,22)/b20-10+. The normalized spacial score (nSPS) is 10.7. The molecule has 0 saturated heterocycles. The van der Waals surface area contributed by atoms with E-state index in [2.05, 4.69) is 33.4 Å². The fourth-order valence-corrected chi connectivity index (χ4v) is 2.36. The lowest BCUT2D eigenvalue weighted by atomic mass is 10.2. The molecule has 2 aromatic carbocycles. The maximum absolute atomic E-state index is 13.0. The minimum Gasteiger partial charge on any atom is -0.483 e. The Hall–Kier alpha value is -2.21. The van der Waals surface area contributed by atoms with Crippen LogP contribution < -0.4 is 10.2 Å². The molecule has 0 bridgehead atoms. The summed E-state index contributed by atoms with van der Waals surface area (Å²) in [6.45, 7) is 1.90. The summed E-state index contributed by atoms with van der Waals surface area (Å²) in [4.78, 5) is 11.7. The average molecular weight is 379 g/mol. The van der Waals surface area contributed by atoms with E-state index < -0.39 is 5.91 Å². The lowest BCUT2D eigenvalue weighted by Crippen LogP contribution is -2.24. The summed E-state index contributed by atoms with van der Waals surface area (Å²) in [5, 5.41) is 3.76. The number of nitrogens with zero attached hydrogens (tertiary/aromatic N) is 1. The Morgan fingerprint density at radius 1 is 1.35 bits per heavy atom. The number of benzene rings is 2. The predicted molar refractivity (Wildman–Crippen MR) is 91.2 cm³/mol. The van der Waals surface area contributed by atoms with Crippen molar-refractivity contribution in [3.05, 3.63) is 63.9 Å². The van der Waals surface area contributed by atoms with Gasteiger partial charge in [0.1, 0.15) is 11.6 Å². The molecule has 0 aliphatic carbocycles. The minimum absolute atomic E-state index is 0.162. The lowest BCUT2D eigenvalue weighted by molar-refractivity contribution is -0.123. The molecule has 0 aliphatic heterocycles. The molecule has 0 atom stereocenters. The zero-order chi connectivity index (χ0) is 16.7. The van der Waals surface area contributed by atoms with Crippen LogP contribution in [0.25, 0.3) is 0 Å². The molecular formula is C17H16BrFN2O2. The molecule has 0 radical (unpaired) electrons. The third-order valence-electron chi connectivity index (χ3n) is 3.01. The van der Waals surface area contributed by atoms with Crippen LogP contribution in [-0.4, -0.2) is 18.7 Å². The number of aryl methyl sites for hydroxylation is 1. The molecule has 0 fully saturated rings. The highest BCUT2D eigenvalue weighted by atomic mass is 79.9. The van der Waals surface area contributed by atoms with Crippen LogP contribution in [0.2, 0.25) is 0 Å². The maximum atomic E-state index is 13.0. The Morgan fingerprint density at radius 3 is 2.87 bits per heavy atom. The Morgan fingerprint density at radius 2 is 2.17 bits per heavy atom. The van der Waals surface area contributed by atoms with Crippen molar-refractivity contribution in [2.75, 3.05) is 6.61 Å². The summed E-state index contributed by atoms with van der Waals surface area (Å²) < 4.78 is 19.2. The average Bonchev–Trinajstić information content (AvgIpc) is 2.53. The number of halogens is 2. The van der Waals surface area contributed by atoms with Gasteiger partial charge in [-0.3, -0.25) is 4.79 Å². The van der Waals surface area contributed by atoms with E-state index in [1.807, 2.05) is 18.2 Å². The first kappa shape index (κ1) is 17.1. The van der Waals surface area contributed by atoms with E-state index in [-0.39, 0.29) is 12.4 Å². The Bertz CT molecular complexity index is 719. The van der Waals surface area contributed by atoms with E-state index in [9.17, 15) is 9.18 Å². The van der Waals surface area contributed by atoms with Crippen LogP contribution >= 0.6 is 15.9 Å². The molecule has 4 nitrogen and oxygen atoms in total. The van der Waals surface area contributed by atoms with Gasteiger partial charge in [0, 0.05) is 0 Å². The molecule has 2 rings (SSSR count). The molecule has 23 heavy (non-hydrogen) atoms. The number of hydrogen-bond acceptors (Lipinski definition) is 3. The monoisotopic (exact) mass is 378 g/mol. The Balaban J connectivity index is 1.83. The topological polar surface area (TPSA) is 50.7 Å². The first-order valence-corrected chi connectivity index (χ1v) is 7.86. The molecule has 2 aromatic rings. The van der Waals surface area contributed by atoms with Crippen molar-refractivity contribution in [1.82, 2.24) is 5.43 Å². The summed E-state index contributed by atoms with van der Waals surface area (Å²) >= 11 is 3.41. The van der Waals surface area contributed by atoms with Crippen molar-refractivity contribution in [3.8, 4) is 5.75 Å².